The largest absolute Gasteiger partial charge is 0.479 e. The van der Waals surface area contributed by atoms with Crippen LogP contribution in [0.2, 0.25) is 0 Å². The lowest BCUT2D eigenvalue weighted by Gasteiger charge is -2.17. The fraction of sp³-hybridized carbons (Fsp3) is 0.500. The molecule has 0 aromatic heterocycles. The highest BCUT2D eigenvalue weighted by molar-refractivity contribution is 5.85. The fourth-order valence-corrected chi connectivity index (χ4v) is 2.18. The monoisotopic (exact) mass is 285 g/mol. The van der Waals surface area contributed by atoms with Crippen LogP contribution < -0.4 is 5.32 Å². The molecule has 1 aromatic rings. The van der Waals surface area contributed by atoms with Crippen LogP contribution in [0.5, 0.6) is 0 Å². The molecule has 1 aromatic carbocycles. The smallest absolute Gasteiger partial charge is 0.333 e. The first-order valence-electron chi connectivity index (χ1n) is 6.37. The number of halogens is 1. The van der Waals surface area contributed by atoms with Gasteiger partial charge in [-0.05, 0) is 24.9 Å². The van der Waals surface area contributed by atoms with E-state index < -0.39 is 12.1 Å². The highest BCUT2D eigenvalue weighted by Gasteiger charge is 2.22. The summed E-state index contributed by atoms with van der Waals surface area (Å²) >= 11 is 0. The van der Waals surface area contributed by atoms with E-state index in [0.717, 1.165) is 24.9 Å². The van der Waals surface area contributed by atoms with Crippen molar-refractivity contribution in [2.75, 3.05) is 13.2 Å². The van der Waals surface area contributed by atoms with Crippen LogP contribution in [0.25, 0.3) is 0 Å². The maximum Gasteiger partial charge on any atom is 0.333 e. The molecule has 1 aliphatic rings. The van der Waals surface area contributed by atoms with Crippen LogP contribution in [0.15, 0.2) is 30.3 Å². The molecule has 0 saturated carbocycles. The Labute approximate surface area is 119 Å². The van der Waals surface area contributed by atoms with Crippen LogP contribution in [0.1, 0.15) is 18.4 Å². The molecule has 2 atom stereocenters. The average molecular weight is 286 g/mol. The minimum absolute atomic E-state index is 0. The van der Waals surface area contributed by atoms with Crippen molar-refractivity contribution in [1.29, 1.82) is 0 Å². The van der Waals surface area contributed by atoms with E-state index >= 15 is 0 Å². The molecule has 2 rings (SSSR count). The Hall–Kier alpha value is -1.10. The number of aliphatic carboxylic acids is 1. The lowest BCUT2D eigenvalue weighted by Crippen LogP contribution is -2.33. The van der Waals surface area contributed by atoms with Gasteiger partial charge in [-0.2, -0.15) is 0 Å². The van der Waals surface area contributed by atoms with E-state index in [0.29, 0.717) is 19.1 Å². The molecule has 0 aliphatic carbocycles. The first kappa shape index (κ1) is 16.0. The van der Waals surface area contributed by atoms with E-state index in [1.165, 1.54) is 0 Å². The second-order valence-electron chi connectivity index (χ2n) is 4.64. The van der Waals surface area contributed by atoms with Gasteiger partial charge in [0, 0.05) is 12.5 Å². The zero-order valence-corrected chi connectivity index (χ0v) is 11.6. The van der Waals surface area contributed by atoms with Gasteiger partial charge in [-0.25, -0.2) is 4.79 Å². The average Bonchev–Trinajstić information content (AvgIpc) is 2.88. The molecule has 4 nitrogen and oxygen atoms in total. The van der Waals surface area contributed by atoms with E-state index in [1.807, 2.05) is 30.3 Å². The number of hydrogen-bond donors (Lipinski definition) is 2. The number of nitrogens with one attached hydrogen (secondary N) is 1. The Kier molecular flexibility index (Phi) is 6.84. The summed E-state index contributed by atoms with van der Waals surface area (Å²) in [6.07, 6.45) is 1.88. The van der Waals surface area contributed by atoms with E-state index in [2.05, 4.69) is 5.32 Å². The minimum Gasteiger partial charge on any atom is -0.479 e. The van der Waals surface area contributed by atoms with Gasteiger partial charge in [0.15, 0.2) is 6.10 Å². The molecule has 5 heteroatoms. The Morgan fingerprint density at radius 1 is 1.42 bits per heavy atom. The summed E-state index contributed by atoms with van der Waals surface area (Å²) < 4.78 is 5.53. The van der Waals surface area contributed by atoms with Gasteiger partial charge < -0.3 is 15.2 Å². The summed E-state index contributed by atoms with van der Waals surface area (Å²) in [5.74, 6) is -0.892. The third kappa shape index (κ3) is 5.19. The Morgan fingerprint density at radius 3 is 2.74 bits per heavy atom. The Balaban J connectivity index is 0.00000180. The standard InChI is InChI=1S/C14H19NO3.ClH/c16-14(17)13(9-11-5-2-1-3-6-11)18-10-12-7-4-8-15-12;/h1-3,5-6,12-13,15H,4,7-10H2,(H,16,17);1H/t12?,13-;/m0./s1. The van der Waals surface area contributed by atoms with Crippen LogP contribution in [0, 0.1) is 0 Å². The zero-order valence-electron chi connectivity index (χ0n) is 10.7. The second kappa shape index (κ2) is 8.15. The molecule has 0 bridgehead atoms. The van der Waals surface area contributed by atoms with Crippen molar-refractivity contribution in [2.24, 2.45) is 0 Å². The summed E-state index contributed by atoms with van der Waals surface area (Å²) in [7, 11) is 0. The summed E-state index contributed by atoms with van der Waals surface area (Å²) in [5.41, 5.74) is 0.990. The number of benzene rings is 1. The maximum absolute atomic E-state index is 11.2. The third-order valence-electron chi connectivity index (χ3n) is 3.20. The molecule has 0 radical (unpaired) electrons. The SMILES string of the molecule is Cl.O=C(O)[C@H](Cc1ccccc1)OCC1CCCN1. The predicted molar refractivity (Wildman–Crippen MR) is 75.8 cm³/mol. The van der Waals surface area contributed by atoms with Gasteiger partial charge in [0.25, 0.3) is 0 Å². The molecule has 1 fully saturated rings. The molecular formula is C14H20ClNO3. The van der Waals surface area contributed by atoms with Crippen molar-refractivity contribution in [1.82, 2.24) is 5.32 Å². The minimum atomic E-state index is -0.892. The molecule has 0 amide bonds. The van der Waals surface area contributed by atoms with Gasteiger partial charge in [-0.1, -0.05) is 30.3 Å². The van der Waals surface area contributed by atoms with Gasteiger partial charge in [0.2, 0.25) is 0 Å². The number of hydrogen-bond acceptors (Lipinski definition) is 3. The summed E-state index contributed by atoms with van der Waals surface area (Å²) in [4.78, 5) is 11.2. The highest BCUT2D eigenvalue weighted by atomic mass is 35.5. The fourth-order valence-electron chi connectivity index (χ4n) is 2.18. The molecule has 1 unspecified atom stereocenters. The molecular weight excluding hydrogens is 266 g/mol. The summed E-state index contributed by atoms with van der Waals surface area (Å²) in [6.45, 7) is 1.48. The third-order valence-corrected chi connectivity index (χ3v) is 3.20. The van der Waals surface area contributed by atoms with Crippen molar-refractivity contribution in [3.63, 3.8) is 0 Å². The second-order valence-corrected chi connectivity index (χ2v) is 4.64. The zero-order chi connectivity index (χ0) is 12.8. The number of carboxylic acids is 1. The van der Waals surface area contributed by atoms with Crippen molar-refractivity contribution in [3.8, 4) is 0 Å². The first-order valence-corrected chi connectivity index (χ1v) is 6.37. The van der Waals surface area contributed by atoms with Gasteiger partial charge in [0.05, 0.1) is 6.61 Å². The molecule has 1 aliphatic heterocycles. The number of ether oxygens (including phenoxy) is 1. The van der Waals surface area contributed by atoms with Crippen molar-refractivity contribution < 1.29 is 14.6 Å². The van der Waals surface area contributed by atoms with Crippen LogP contribution in [0.3, 0.4) is 0 Å². The number of carboxylic acid groups (broad SMARTS) is 1. The normalized spacial score (nSPS) is 19.7. The lowest BCUT2D eigenvalue weighted by atomic mass is 10.1. The van der Waals surface area contributed by atoms with Gasteiger partial charge in [-0.3, -0.25) is 0 Å². The van der Waals surface area contributed by atoms with Crippen molar-refractivity contribution in [2.45, 2.75) is 31.4 Å². The van der Waals surface area contributed by atoms with Crippen LogP contribution >= 0.6 is 12.4 Å². The quantitative estimate of drug-likeness (QED) is 0.838. The molecule has 2 N–H and O–H groups in total. The van der Waals surface area contributed by atoms with Crippen LogP contribution in [0.4, 0.5) is 0 Å². The van der Waals surface area contributed by atoms with Crippen LogP contribution in [-0.4, -0.2) is 36.4 Å². The Morgan fingerprint density at radius 2 is 2.16 bits per heavy atom. The first-order chi connectivity index (χ1) is 8.75. The van der Waals surface area contributed by atoms with Crippen LogP contribution in [-0.2, 0) is 16.0 Å². The summed E-state index contributed by atoms with van der Waals surface area (Å²) in [5, 5.41) is 12.5. The Bertz CT molecular complexity index is 380. The van der Waals surface area contributed by atoms with E-state index in [-0.39, 0.29) is 12.4 Å². The highest BCUT2D eigenvalue weighted by Crippen LogP contribution is 2.10. The molecule has 1 saturated heterocycles. The van der Waals surface area contributed by atoms with Gasteiger partial charge in [0.1, 0.15) is 0 Å². The predicted octanol–water partition coefficient (Wildman–Crippen LogP) is 1.87. The van der Waals surface area contributed by atoms with Crippen molar-refractivity contribution >= 4 is 18.4 Å². The van der Waals surface area contributed by atoms with E-state index in [4.69, 9.17) is 9.84 Å². The summed E-state index contributed by atoms with van der Waals surface area (Å²) in [6, 6.07) is 9.89. The van der Waals surface area contributed by atoms with Crippen molar-refractivity contribution in [3.05, 3.63) is 35.9 Å². The van der Waals surface area contributed by atoms with E-state index in [1.54, 1.807) is 0 Å². The molecule has 106 valence electrons. The van der Waals surface area contributed by atoms with E-state index in [9.17, 15) is 4.79 Å². The number of rotatable bonds is 6. The van der Waals surface area contributed by atoms with Gasteiger partial charge in [-0.15, -0.1) is 12.4 Å². The van der Waals surface area contributed by atoms with Gasteiger partial charge >= 0.3 is 5.97 Å². The number of carbonyl (C=O) groups is 1. The lowest BCUT2D eigenvalue weighted by molar-refractivity contribution is -0.150. The molecule has 1 heterocycles. The topological polar surface area (TPSA) is 58.6 Å². The molecule has 19 heavy (non-hydrogen) atoms. The maximum atomic E-state index is 11.2. The molecule has 0 spiro atoms.